The number of nitrogens with zero attached hydrogens (tertiary/aromatic N) is 2. The normalized spacial score (nSPS) is 10.9. The van der Waals surface area contributed by atoms with Gasteiger partial charge in [0.15, 0.2) is 5.78 Å². The Hall–Kier alpha value is -1.39. The Bertz CT molecular complexity index is 560. The highest BCUT2D eigenvalue weighted by atomic mass is 79.9. The second kappa shape index (κ2) is 6.17. The van der Waals surface area contributed by atoms with Gasteiger partial charge in [0.1, 0.15) is 0 Å². The maximum Gasteiger partial charge on any atom is 0.193 e. The molecule has 0 atom stereocenters. The van der Waals surface area contributed by atoms with Crippen LogP contribution < -0.4 is 0 Å². The first-order chi connectivity index (χ1) is 9.06. The second-order valence-electron chi connectivity index (χ2n) is 4.73. The van der Waals surface area contributed by atoms with Crippen LogP contribution in [0, 0.1) is 0 Å². The van der Waals surface area contributed by atoms with Crippen molar-refractivity contribution in [2.24, 2.45) is 7.05 Å². The lowest BCUT2D eigenvalue weighted by molar-refractivity contribution is 0.0935. The van der Waals surface area contributed by atoms with Crippen LogP contribution in [-0.2, 0) is 13.6 Å². The van der Waals surface area contributed by atoms with Gasteiger partial charge >= 0.3 is 0 Å². The van der Waals surface area contributed by atoms with Gasteiger partial charge in [-0.15, -0.1) is 0 Å². The van der Waals surface area contributed by atoms with Crippen molar-refractivity contribution in [2.75, 3.05) is 13.6 Å². The number of ketones is 1. The van der Waals surface area contributed by atoms with Crippen molar-refractivity contribution < 1.29 is 4.79 Å². The summed E-state index contributed by atoms with van der Waals surface area (Å²) in [4.78, 5) is 14.1. The van der Waals surface area contributed by atoms with E-state index in [0.29, 0.717) is 6.54 Å². The number of aryl methyl sites for hydroxylation is 1. The van der Waals surface area contributed by atoms with Gasteiger partial charge in [-0.1, -0.05) is 28.1 Å². The van der Waals surface area contributed by atoms with Crippen LogP contribution in [-0.4, -0.2) is 28.8 Å². The summed E-state index contributed by atoms with van der Waals surface area (Å²) in [7, 11) is 3.85. The Morgan fingerprint density at radius 3 is 2.53 bits per heavy atom. The number of hydrogen-bond donors (Lipinski definition) is 0. The van der Waals surface area contributed by atoms with E-state index in [4.69, 9.17) is 0 Å². The summed E-state index contributed by atoms with van der Waals surface area (Å²) < 4.78 is 2.93. The minimum absolute atomic E-state index is 0.145. The van der Waals surface area contributed by atoms with Gasteiger partial charge < -0.3 is 4.57 Å². The van der Waals surface area contributed by atoms with E-state index in [2.05, 4.69) is 28.1 Å². The van der Waals surface area contributed by atoms with Crippen LogP contribution in [0.3, 0.4) is 0 Å². The average molecular weight is 321 g/mol. The van der Waals surface area contributed by atoms with E-state index < -0.39 is 0 Å². The summed E-state index contributed by atoms with van der Waals surface area (Å²) in [6, 6.07) is 11.9. The molecule has 0 N–H and O–H groups in total. The quantitative estimate of drug-likeness (QED) is 0.791. The summed E-state index contributed by atoms with van der Waals surface area (Å²) in [5.41, 5.74) is 1.95. The minimum atomic E-state index is 0.145. The number of carbonyl (C=O) groups excluding carboxylic acids is 1. The smallest absolute Gasteiger partial charge is 0.193 e. The SMILES string of the molecule is CN(CC(=O)c1cccn1C)Cc1ccc(Br)cc1. The highest BCUT2D eigenvalue weighted by molar-refractivity contribution is 9.10. The van der Waals surface area contributed by atoms with Crippen LogP contribution in [0.5, 0.6) is 0 Å². The van der Waals surface area contributed by atoms with E-state index in [1.807, 2.05) is 54.0 Å². The molecule has 19 heavy (non-hydrogen) atoms. The summed E-state index contributed by atoms with van der Waals surface area (Å²) in [6.07, 6.45) is 1.89. The lowest BCUT2D eigenvalue weighted by atomic mass is 10.2. The Morgan fingerprint density at radius 1 is 1.26 bits per heavy atom. The van der Waals surface area contributed by atoms with Crippen molar-refractivity contribution in [3.63, 3.8) is 0 Å². The molecule has 0 aliphatic carbocycles. The Labute approximate surface area is 122 Å². The molecule has 0 radical (unpaired) electrons. The molecule has 2 rings (SSSR count). The first-order valence-corrected chi connectivity index (χ1v) is 6.93. The number of hydrogen-bond acceptors (Lipinski definition) is 2. The molecule has 0 aliphatic rings. The van der Waals surface area contributed by atoms with Gasteiger partial charge in [0.25, 0.3) is 0 Å². The first-order valence-electron chi connectivity index (χ1n) is 6.14. The molecule has 0 aliphatic heterocycles. The van der Waals surface area contributed by atoms with Gasteiger partial charge in [0, 0.05) is 24.3 Å². The number of rotatable bonds is 5. The molecule has 0 unspecified atom stereocenters. The molecule has 1 aromatic heterocycles. The molecule has 4 heteroatoms. The summed E-state index contributed by atoms with van der Waals surface area (Å²) in [5.74, 6) is 0.145. The number of halogens is 1. The standard InChI is InChI=1S/C15H17BrN2O/c1-17(10-12-5-7-13(16)8-6-12)11-15(19)14-4-3-9-18(14)2/h3-9H,10-11H2,1-2H3. The maximum absolute atomic E-state index is 12.1. The molecule has 0 spiro atoms. The van der Waals surface area contributed by atoms with Crippen molar-refractivity contribution in [3.8, 4) is 0 Å². The number of carbonyl (C=O) groups is 1. The Kier molecular flexibility index (Phi) is 4.56. The monoisotopic (exact) mass is 320 g/mol. The van der Waals surface area contributed by atoms with Crippen molar-refractivity contribution in [2.45, 2.75) is 6.54 Å². The van der Waals surface area contributed by atoms with Gasteiger partial charge in [-0.25, -0.2) is 0 Å². The third-order valence-electron chi connectivity index (χ3n) is 3.01. The van der Waals surface area contributed by atoms with Crippen LogP contribution in [0.15, 0.2) is 47.1 Å². The van der Waals surface area contributed by atoms with E-state index >= 15 is 0 Å². The molecule has 0 bridgehead atoms. The van der Waals surface area contributed by atoms with Crippen LogP contribution in [0.1, 0.15) is 16.1 Å². The molecule has 3 nitrogen and oxygen atoms in total. The summed E-state index contributed by atoms with van der Waals surface area (Å²) >= 11 is 3.42. The number of Topliss-reactive ketones (excluding diaryl/α,β-unsaturated/α-hetero) is 1. The van der Waals surface area contributed by atoms with E-state index in [9.17, 15) is 4.79 Å². The minimum Gasteiger partial charge on any atom is -0.348 e. The number of benzene rings is 1. The molecular weight excluding hydrogens is 304 g/mol. The largest absolute Gasteiger partial charge is 0.348 e. The predicted octanol–water partition coefficient (Wildman–Crippen LogP) is 3.10. The zero-order valence-corrected chi connectivity index (χ0v) is 12.7. The van der Waals surface area contributed by atoms with Crippen molar-refractivity contribution in [1.29, 1.82) is 0 Å². The fraction of sp³-hybridized carbons (Fsp3) is 0.267. The Morgan fingerprint density at radius 2 is 1.95 bits per heavy atom. The molecule has 2 aromatic rings. The highest BCUT2D eigenvalue weighted by Gasteiger charge is 2.11. The molecule has 0 saturated carbocycles. The molecule has 0 saturated heterocycles. The Balaban J connectivity index is 1.94. The first kappa shape index (κ1) is 14.0. The van der Waals surface area contributed by atoms with Crippen LogP contribution in [0.2, 0.25) is 0 Å². The molecule has 0 fully saturated rings. The van der Waals surface area contributed by atoms with Crippen LogP contribution in [0.4, 0.5) is 0 Å². The lowest BCUT2D eigenvalue weighted by Gasteiger charge is -2.16. The number of likely N-dealkylation sites (N-methyl/N-ethyl adjacent to an activating group) is 1. The molecule has 1 heterocycles. The topological polar surface area (TPSA) is 25.2 Å². The van der Waals surface area contributed by atoms with Gasteiger partial charge in [-0.3, -0.25) is 9.69 Å². The van der Waals surface area contributed by atoms with E-state index in [1.165, 1.54) is 5.56 Å². The third-order valence-corrected chi connectivity index (χ3v) is 3.54. The van der Waals surface area contributed by atoms with Crippen molar-refractivity contribution in [3.05, 3.63) is 58.3 Å². The maximum atomic E-state index is 12.1. The van der Waals surface area contributed by atoms with Crippen molar-refractivity contribution in [1.82, 2.24) is 9.47 Å². The van der Waals surface area contributed by atoms with Gasteiger partial charge in [-0.2, -0.15) is 0 Å². The van der Waals surface area contributed by atoms with Crippen LogP contribution in [0.25, 0.3) is 0 Å². The fourth-order valence-electron chi connectivity index (χ4n) is 2.03. The molecule has 1 aromatic carbocycles. The molecular formula is C15H17BrN2O. The van der Waals surface area contributed by atoms with E-state index in [-0.39, 0.29) is 5.78 Å². The zero-order valence-electron chi connectivity index (χ0n) is 11.1. The third kappa shape index (κ3) is 3.78. The van der Waals surface area contributed by atoms with Gasteiger partial charge in [0.2, 0.25) is 0 Å². The molecule has 0 amide bonds. The zero-order chi connectivity index (χ0) is 13.8. The number of aromatic nitrogens is 1. The highest BCUT2D eigenvalue weighted by Crippen LogP contribution is 2.12. The second-order valence-corrected chi connectivity index (χ2v) is 5.64. The van der Waals surface area contributed by atoms with Crippen molar-refractivity contribution >= 4 is 21.7 Å². The predicted molar refractivity (Wildman–Crippen MR) is 80.2 cm³/mol. The van der Waals surface area contributed by atoms with E-state index in [0.717, 1.165) is 16.7 Å². The summed E-state index contributed by atoms with van der Waals surface area (Å²) in [5, 5.41) is 0. The van der Waals surface area contributed by atoms with Crippen LogP contribution >= 0.6 is 15.9 Å². The fourth-order valence-corrected chi connectivity index (χ4v) is 2.30. The average Bonchev–Trinajstić information content (AvgIpc) is 2.78. The lowest BCUT2D eigenvalue weighted by Crippen LogP contribution is -2.26. The van der Waals surface area contributed by atoms with Gasteiger partial charge in [0.05, 0.1) is 12.2 Å². The molecule has 100 valence electrons. The van der Waals surface area contributed by atoms with E-state index in [1.54, 1.807) is 0 Å². The summed E-state index contributed by atoms with van der Waals surface area (Å²) in [6.45, 7) is 1.19. The van der Waals surface area contributed by atoms with Gasteiger partial charge in [-0.05, 0) is 36.9 Å².